The average molecular weight is 481 g/mol. The molecule has 1 fully saturated rings. The molecule has 4 rings (SSSR count). The van der Waals surface area contributed by atoms with Gasteiger partial charge in [0, 0.05) is 33.9 Å². The molecular formula is C22H20Cl2F2N4O2. The predicted octanol–water partition coefficient (Wildman–Crippen LogP) is 4.28. The van der Waals surface area contributed by atoms with Crippen molar-refractivity contribution in [2.24, 2.45) is 4.99 Å². The van der Waals surface area contributed by atoms with E-state index in [-0.39, 0.29) is 17.1 Å². The molecule has 1 N–H and O–H groups in total. The number of pyridine rings is 1. The first-order valence-corrected chi connectivity index (χ1v) is 10.8. The molecule has 1 aromatic heterocycles. The molecule has 3 heterocycles. The summed E-state index contributed by atoms with van der Waals surface area (Å²) in [5.74, 6) is -2.19. The van der Waals surface area contributed by atoms with Gasteiger partial charge in [-0.3, -0.25) is 9.89 Å². The monoisotopic (exact) mass is 480 g/mol. The van der Waals surface area contributed by atoms with Crippen LogP contribution in [0.2, 0.25) is 10.0 Å². The zero-order valence-electron chi connectivity index (χ0n) is 17.2. The van der Waals surface area contributed by atoms with E-state index in [2.05, 4.69) is 20.2 Å². The van der Waals surface area contributed by atoms with Gasteiger partial charge in [0.25, 0.3) is 0 Å². The average Bonchev–Trinajstić information content (AvgIpc) is 3.26. The number of carbonyl (C=O) groups is 1. The molecule has 0 bridgehead atoms. The van der Waals surface area contributed by atoms with Crippen molar-refractivity contribution in [1.29, 1.82) is 0 Å². The molecule has 1 saturated heterocycles. The Labute approximate surface area is 193 Å². The molecule has 2 aliphatic heterocycles. The minimum atomic E-state index is -0.896. The van der Waals surface area contributed by atoms with Crippen LogP contribution < -0.4 is 5.32 Å². The lowest BCUT2D eigenvalue weighted by molar-refractivity contribution is -0.136. The minimum Gasteiger partial charge on any atom is -0.466 e. The number of benzene rings is 1. The van der Waals surface area contributed by atoms with Crippen LogP contribution >= 0.6 is 23.2 Å². The van der Waals surface area contributed by atoms with Gasteiger partial charge in [-0.15, -0.1) is 0 Å². The third-order valence-corrected chi connectivity index (χ3v) is 5.96. The molecule has 0 amide bonds. The van der Waals surface area contributed by atoms with Gasteiger partial charge in [0.15, 0.2) is 11.7 Å². The molecule has 6 nitrogen and oxygen atoms in total. The fraction of sp³-hybridized carbons (Fsp3) is 0.318. The number of esters is 1. The molecule has 10 heteroatoms. The molecule has 32 heavy (non-hydrogen) atoms. The second-order valence-corrected chi connectivity index (χ2v) is 8.37. The van der Waals surface area contributed by atoms with Crippen molar-refractivity contribution in [2.45, 2.75) is 18.9 Å². The van der Waals surface area contributed by atoms with Gasteiger partial charge in [0.05, 0.1) is 18.9 Å². The standard InChI is InChI=1S/C22H20Cl2F2N4O2/c1-32-22(31)18-17(11-30-6-2-3-7-30)28-21(20-16(26)9-13(25)10-27-20)29-19(18)14-5-4-12(23)8-15(14)24/h4-5,8-10,19H,2-3,6-7,11H2,1H3,(H,28,29). The van der Waals surface area contributed by atoms with Crippen molar-refractivity contribution in [2.75, 3.05) is 26.7 Å². The van der Waals surface area contributed by atoms with Crippen molar-refractivity contribution in [3.63, 3.8) is 0 Å². The third-order valence-electron chi connectivity index (χ3n) is 5.40. The van der Waals surface area contributed by atoms with Crippen molar-refractivity contribution < 1.29 is 18.3 Å². The van der Waals surface area contributed by atoms with E-state index in [0.717, 1.165) is 38.2 Å². The summed E-state index contributed by atoms with van der Waals surface area (Å²) in [5, 5.41) is 3.76. The Bertz CT molecular complexity index is 1120. The van der Waals surface area contributed by atoms with Crippen molar-refractivity contribution in [3.8, 4) is 0 Å². The van der Waals surface area contributed by atoms with E-state index in [1.165, 1.54) is 7.11 Å². The van der Waals surface area contributed by atoms with Crippen LogP contribution in [0.15, 0.2) is 46.7 Å². The fourth-order valence-electron chi connectivity index (χ4n) is 3.89. The molecular weight excluding hydrogens is 461 g/mol. The Hall–Kier alpha value is -2.55. The molecule has 0 spiro atoms. The summed E-state index contributed by atoms with van der Waals surface area (Å²) in [6.07, 6.45) is 3.00. The Morgan fingerprint density at radius 3 is 2.66 bits per heavy atom. The number of likely N-dealkylation sites (tertiary alicyclic amines) is 1. The number of amidine groups is 1. The van der Waals surface area contributed by atoms with Crippen LogP contribution in [0.25, 0.3) is 0 Å². The molecule has 168 valence electrons. The highest BCUT2D eigenvalue weighted by atomic mass is 35.5. The van der Waals surface area contributed by atoms with Gasteiger partial charge in [0.2, 0.25) is 0 Å². The first-order chi connectivity index (χ1) is 15.4. The number of nitrogens with one attached hydrogen (secondary N) is 1. The maximum Gasteiger partial charge on any atom is 0.338 e. The zero-order chi connectivity index (χ0) is 22.8. The Morgan fingerprint density at radius 2 is 2.00 bits per heavy atom. The lowest BCUT2D eigenvalue weighted by Crippen LogP contribution is -2.39. The van der Waals surface area contributed by atoms with Crippen LogP contribution in [0.3, 0.4) is 0 Å². The molecule has 0 aliphatic carbocycles. The summed E-state index contributed by atoms with van der Waals surface area (Å²) in [6.45, 7) is 2.12. The van der Waals surface area contributed by atoms with Crippen LogP contribution in [0.4, 0.5) is 8.78 Å². The van der Waals surface area contributed by atoms with Gasteiger partial charge in [0.1, 0.15) is 17.6 Å². The second kappa shape index (κ2) is 9.52. The fourth-order valence-corrected chi connectivity index (χ4v) is 4.40. The summed E-state index contributed by atoms with van der Waals surface area (Å²) in [6, 6.07) is 4.67. The molecule has 1 atom stereocenters. The van der Waals surface area contributed by atoms with Crippen LogP contribution in [0.1, 0.15) is 30.1 Å². The lowest BCUT2D eigenvalue weighted by atomic mass is 9.95. The van der Waals surface area contributed by atoms with E-state index in [1.807, 2.05) is 0 Å². The van der Waals surface area contributed by atoms with Crippen LogP contribution in [0, 0.1) is 11.6 Å². The number of methoxy groups -OCH3 is 1. The molecule has 1 aromatic carbocycles. The summed E-state index contributed by atoms with van der Waals surface area (Å²) in [4.78, 5) is 23.4. The van der Waals surface area contributed by atoms with Gasteiger partial charge in [-0.2, -0.15) is 0 Å². The number of halogens is 4. The van der Waals surface area contributed by atoms with E-state index < -0.39 is 23.6 Å². The highest BCUT2D eigenvalue weighted by Gasteiger charge is 2.35. The number of ether oxygens (including phenoxy) is 1. The van der Waals surface area contributed by atoms with Gasteiger partial charge < -0.3 is 10.1 Å². The molecule has 2 aliphatic rings. The first kappa shape index (κ1) is 22.6. The maximum atomic E-state index is 14.6. The van der Waals surface area contributed by atoms with E-state index in [0.29, 0.717) is 27.9 Å². The number of nitrogens with zero attached hydrogens (tertiary/aromatic N) is 3. The van der Waals surface area contributed by atoms with Crippen LogP contribution in [-0.4, -0.2) is 48.4 Å². The van der Waals surface area contributed by atoms with E-state index in [4.69, 9.17) is 27.9 Å². The summed E-state index contributed by atoms with van der Waals surface area (Å²) >= 11 is 12.5. The number of aromatic nitrogens is 1. The first-order valence-electron chi connectivity index (χ1n) is 10.0. The van der Waals surface area contributed by atoms with Crippen LogP contribution in [-0.2, 0) is 9.53 Å². The number of carbonyl (C=O) groups excluding carboxylic acids is 1. The largest absolute Gasteiger partial charge is 0.466 e. The summed E-state index contributed by atoms with van der Waals surface area (Å²) in [5.41, 5.74) is 1.10. The minimum absolute atomic E-state index is 0.0698. The van der Waals surface area contributed by atoms with E-state index >= 15 is 0 Å². The summed E-state index contributed by atoms with van der Waals surface area (Å²) in [7, 11) is 1.28. The molecule has 0 saturated carbocycles. The van der Waals surface area contributed by atoms with Crippen molar-refractivity contribution >= 4 is 35.0 Å². The SMILES string of the molecule is COC(=O)C1=C(CN2CCCC2)NC(c2ncc(F)cc2F)=NC1c1ccc(Cl)cc1Cl. The molecule has 0 radical (unpaired) electrons. The normalized spacial score (nSPS) is 19.0. The lowest BCUT2D eigenvalue weighted by Gasteiger charge is -2.29. The van der Waals surface area contributed by atoms with Gasteiger partial charge in [-0.25, -0.2) is 18.6 Å². The van der Waals surface area contributed by atoms with E-state index in [9.17, 15) is 13.6 Å². The van der Waals surface area contributed by atoms with Crippen molar-refractivity contribution in [3.05, 3.63) is 74.7 Å². The van der Waals surface area contributed by atoms with E-state index in [1.54, 1.807) is 18.2 Å². The van der Waals surface area contributed by atoms with Crippen LogP contribution in [0.5, 0.6) is 0 Å². The highest BCUT2D eigenvalue weighted by Crippen LogP contribution is 2.37. The topological polar surface area (TPSA) is 66.8 Å². The maximum absolute atomic E-state index is 14.6. The number of hydrogen-bond donors (Lipinski definition) is 1. The second-order valence-electron chi connectivity index (χ2n) is 7.52. The van der Waals surface area contributed by atoms with Gasteiger partial charge >= 0.3 is 5.97 Å². The zero-order valence-corrected chi connectivity index (χ0v) is 18.7. The number of rotatable bonds is 5. The molecule has 1 unspecified atom stereocenters. The highest BCUT2D eigenvalue weighted by molar-refractivity contribution is 6.35. The Balaban J connectivity index is 1.87. The smallest absolute Gasteiger partial charge is 0.338 e. The number of aliphatic imine (C=N–C) groups is 1. The third kappa shape index (κ3) is 4.62. The quantitative estimate of drug-likeness (QED) is 0.646. The Morgan fingerprint density at radius 1 is 1.25 bits per heavy atom. The predicted molar refractivity (Wildman–Crippen MR) is 118 cm³/mol. The summed E-state index contributed by atoms with van der Waals surface area (Å²) < 4.78 is 33.1. The van der Waals surface area contributed by atoms with Crippen molar-refractivity contribution in [1.82, 2.24) is 15.2 Å². The number of hydrogen-bond acceptors (Lipinski definition) is 6. The molecule has 2 aromatic rings. The van der Waals surface area contributed by atoms with Gasteiger partial charge in [-0.05, 0) is 38.1 Å². The van der Waals surface area contributed by atoms with Gasteiger partial charge in [-0.1, -0.05) is 29.3 Å². The Kier molecular flexibility index (Phi) is 6.74.